The molecule has 3 rings (SSSR count). The highest BCUT2D eigenvalue weighted by Crippen LogP contribution is 2.23. The molecule has 2 aromatic rings. The van der Waals surface area contributed by atoms with Crippen LogP contribution in [0, 0.1) is 0 Å². The minimum Gasteiger partial charge on any atom is -0.484 e. The molecule has 136 valence electrons. The maximum Gasteiger partial charge on any atom is 0.257 e. The number of hydrogen-bond acceptors (Lipinski definition) is 4. The lowest BCUT2D eigenvalue weighted by Crippen LogP contribution is -2.30. The van der Waals surface area contributed by atoms with Gasteiger partial charge in [-0.2, -0.15) is 0 Å². The van der Waals surface area contributed by atoms with Gasteiger partial charge in [0.2, 0.25) is 5.91 Å². The van der Waals surface area contributed by atoms with E-state index in [1.54, 1.807) is 28.8 Å². The van der Waals surface area contributed by atoms with Crippen LogP contribution in [0.25, 0.3) is 0 Å². The van der Waals surface area contributed by atoms with Crippen LogP contribution in [0.4, 0.5) is 5.69 Å². The zero-order chi connectivity index (χ0) is 18.2. The topological polar surface area (TPSA) is 58.6 Å². The molecule has 0 bridgehead atoms. The summed E-state index contributed by atoms with van der Waals surface area (Å²) < 4.78 is 5.51. The molecule has 0 aromatic heterocycles. The molecule has 0 aliphatic carbocycles. The Morgan fingerprint density at radius 3 is 2.58 bits per heavy atom. The maximum atomic E-state index is 11.8. The second kappa shape index (κ2) is 9.29. The zero-order valence-corrected chi connectivity index (χ0v) is 15.3. The number of thioether (sulfide) groups is 1. The Bertz CT molecular complexity index is 734. The van der Waals surface area contributed by atoms with Crippen molar-refractivity contribution < 1.29 is 14.3 Å². The van der Waals surface area contributed by atoms with Crippen molar-refractivity contribution in [2.45, 2.75) is 17.7 Å². The molecule has 0 unspecified atom stereocenters. The highest BCUT2D eigenvalue weighted by molar-refractivity contribution is 7.99. The Labute approximate surface area is 157 Å². The Kier molecular flexibility index (Phi) is 6.55. The number of amides is 2. The van der Waals surface area contributed by atoms with Crippen LogP contribution in [0.3, 0.4) is 0 Å². The van der Waals surface area contributed by atoms with Crippen LogP contribution in [0.2, 0.25) is 0 Å². The van der Waals surface area contributed by atoms with Crippen molar-refractivity contribution in [3.05, 3.63) is 54.6 Å². The molecule has 1 fully saturated rings. The molecule has 0 radical (unpaired) electrons. The Balaban J connectivity index is 1.35. The fourth-order valence-electron chi connectivity index (χ4n) is 2.72. The third-order valence-corrected chi connectivity index (χ3v) is 5.04. The average molecular weight is 370 g/mol. The van der Waals surface area contributed by atoms with Crippen molar-refractivity contribution in [2.24, 2.45) is 0 Å². The van der Waals surface area contributed by atoms with E-state index in [1.165, 1.54) is 4.90 Å². The standard InChI is InChI=1S/C20H22N2O3S/c23-19(21-12-14-26-18-5-2-1-3-6-18)15-25-17-10-8-16(9-11-17)22-13-4-7-20(22)24/h1-3,5-6,8-11H,4,7,12-15H2,(H,21,23). The second-order valence-electron chi connectivity index (χ2n) is 5.94. The van der Waals surface area contributed by atoms with Gasteiger partial charge in [-0.3, -0.25) is 9.59 Å². The van der Waals surface area contributed by atoms with E-state index >= 15 is 0 Å². The van der Waals surface area contributed by atoms with E-state index in [-0.39, 0.29) is 18.4 Å². The SMILES string of the molecule is O=C(COc1ccc(N2CCCC2=O)cc1)NCCSc1ccccc1. The molecule has 1 heterocycles. The molecule has 26 heavy (non-hydrogen) atoms. The van der Waals surface area contributed by atoms with Gasteiger partial charge >= 0.3 is 0 Å². The molecule has 5 nitrogen and oxygen atoms in total. The monoisotopic (exact) mass is 370 g/mol. The van der Waals surface area contributed by atoms with Crippen LogP contribution in [0.5, 0.6) is 5.75 Å². The first-order valence-electron chi connectivity index (χ1n) is 8.70. The van der Waals surface area contributed by atoms with Gasteiger partial charge in [0.05, 0.1) is 0 Å². The van der Waals surface area contributed by atoms with Gasteiger partial charge in [0.15, 0.2) is 6.61 Å². The molecule has 1 N–H and O–H groups in total. The van der Waals surface area contributed by atoms with Crippen molar-refractivity contribution in [1.29, 1.82) is 0 Å². The smallest absolute Gasteiger partial charge is 0.257 e. The van der Waals surface area contributed by atoms with Crippen molar-refractivity contribution in [3.63, 3.8) is 0 Å². The van der Waals surface area contributed by atoms with E-state index in [4.69, 9.17) is 4.74 Å². The summed E-state index contributed by atoms with van der Waals surface area (Å²) in [6.07, 6.45) is 1.51. The number of anilines is 1. The first-order chi connectivity index (χ1) is 12.7. The van der Waals surface area contributed by atoms with Crippen molar-refractivity contribution in [1.82, 2.24) is 5.32 Å². The van der Waals surface area contributed by atoms with Gasteiger partial charge in [-0.25, -0.2) is 0 Å². The van der Waals surface area contributed by atoms with Gasteiger partial charge in [-0.15, -0.1) is 11.8 Å². The maximum absolute atomic E-state index is 11.8. The lowest BCUT2D eigenvalue weighted by atomic mass is 10.3. The summed E-state index contributed by atoms with van der Waals surface area (Å²) in [6.45, 7) is 1.35. The minimum atomic E-state index is -0.141. The first kappa shape index (κ1) is 18.3. The highest BCUT2D eigenvalue weighted by Gasteiger charge is 2.21. The third kappa shape index (κ3) is 5.26. The number of nitrogens with one attached hydrogen (secondary N) is 1. The molecule has 0 atom stereocenters. The van der Waals surface area contributed by atoms with Crippen LogP contribution in [-0.4, -0.2) is 37.3 Å². The Morgan fingerprint density at radius 2 is 1.88 bits per heavy atom. The Morgan fingerprint density at radius 1 is 1.12 bits per heavy atom. The summed E-state index contributed by atoms with van der Waals surface area (Å²) in [5, 5.41) is 2.85. The summed E-state index contributed by atoms with van der Waals surface area (Å²) >= 11 is 1.70. The summed E-state index contributed by atoms with van der Waals surface area (Å²) in [6, 6.07) is 17.4. The number of hydrogen-bond donors (Lipinski definition) is 1. The minimum absolute atomic E-state index is 0.0159. The first-order valence-corrected chi connectivity index (χ1v) is 9.69. The number of carbonyl (C=O) groups is 2. The van der Waals surface area contributed by atoms with Crippen LogP contribution in [0.1, 0.15) is 12.8 Å². The number of rotatable bonds is 8. The molecule has 1 aliphatic rings. The lowest BCUT2D eigenvalue weighted by molar-refractivity contribution is -0.123. The van der Waals surface area contributed by atoms with E-state index in [2.05, 4.69) is 17.4 Å². The van der Waals surface area contributed by atoms with Gasteiger partial charge in [0.25, 0.3) is 5.91 Å². The molecule has 2 aromatic carbocycles. The third-order valence-electron chi connectivity index (χ3n) is 4.03. The number of carbonyl (C=O) groups excluding carboxylic acids is 2. The molecule has 1 saturated heterocycles. The Hall–Kier alpha value is -2.47. The second-order valence-corrected chi connectivity index (χ2v) is 7.11. The number of benzene rings is 2. The van der Waals surface area contributed by atoms with Crippen molar-refractivity contribution >= 4 is 29.3 Å². The molecule has 6 heteroatoms. The predicted octanol–water partition coefficient (Wildman–Crippen LogP) is 3.10. The van der Waals surface area contributed by atoms with E-state index in [0.29, 0.717) is 18.7 Å². The summed E-state index contributed by atoms with van der Waals surface area (Å²) in [5.74, 6) is 1.45. The van der Waals surface area contributed by atoms with Crippen molar-refractivity contribution in [2.75, 3.05) is 30.3 Å². The predicted molar refractivity (Wildman–Crippen MR) is 104 cm³/mol. The molecule has 0 saturated carbocycles. The fraction of sp³-hybridized carbons (Fsp3) is 0.300. The number of nitrogens with zero attached hydrogens (tertiary/aromatic N) is 1. The normalized spacial score (nSPS) is 13.7. The van der Waals surface area contributed by atoms with E-state index in [0.717, 1.165) is 24.4 Å². The fourth-order valence-corrected chi connectivity index (χ4v) is 3.51. The molecule has 1 aliphatic heterocycles. The van der Waals surface area contributed by atoms with Gasteiger partial charge < -0.3 is 15.0 Å². The van der Waals surface area contributed by atoms with Gasteiger partial charge in [0, 0.05) is 35.8 Å². The van der Waals surface area contributed by atoms with Gasteiger partial charge in [-0.1, -0.05) is 18.2 Å². The van der Waals surface area contributed by atoms with Gasteiger partial charge in [0.1, 0.15) is 5.75 Å². The average Bonchev–Trinajstić information content (AvgIpc) is 3.11. The van der Waals surface area contributed by atoms with E-state index < -0.39 is 0 Å². The summed E-state index contributed by atoms with van der Waals surface area (Å²) in [5.41, 5.74) is 0.877. The summed E-state index contributed by atoms with van der Waals surface area (Å²) in [7, 11) is 0. The lowest BCUT2D eigenvalue weighted by Gasteiger charge is -2.16. The van der Waals surface area contributed by atoms with Crippen LogP contribution >= 0.6 is 11.8 Å². The van der Waals surface area contributed by atoms with Crippen molar-refractivity contribution in [3.8, 4) is 5.75 Å². The van der Waals surface area contributed by atoms with E-state index in [1.807, 2.05) is 30.3 Å². The van der Waals surface area contributed by atoms with Crippen LogP contribution in [-0.2, 0) is 9.59 Å². The van der Waals surface area contributed by atoms with Gasteiger partial charge in [-0.05, 0) is 42.8 Å². The largest absolute Gasteiger partial charge is 0.484 e. The van der Waals surface area contributed by atoms with Crippen LogP contribution in [0.15, 0.2) is 59.5 Å². The van der Waals surface area contributed by atoms with Crippen LogP contribution < -0.4 is 15.0 Å². The number of ether oxygens (including phenoxy) is 1. The molecule has 2 amide bonds. The van der Waals surface area contributed by atoms with E-state index in [9.17, 15) is 9.59 Å². The zero-order valence-electron chi connectivity index (χ0n) is 14.5. The molecular formula is C20H22N2O3S. The molecule has 0 spiro atoms. The molecular weight excluding hydrogens is 348 g/mol. The quantitative estimate of drug-likeness (QED) is 0.573. The highest BCUT2D eigenvalue weighted by atomic mass is 32.2. The summed E-state index contributed by atoms with van der Waals surface area (Å²) in [4.78, 5) is 26.5.